The molecule has 0 saturated heterocycles. The topological polar surface area (TPSA) is 38.9 Å². The Kier molecular flexibility index (Phi) is 1.98. The van der Waals surface area contributed by atoms with Gasteiger partial charge in [0, 0.05) is 16.5 Å². The molecule has 0 unspecified atom stereocenters. The molecule has 2 N–H and O–H groups in total. The average molecular weight is 229 g/mol. The molecule has 0 radical (unpaired) electrons. The number of aromatic nitrogens is 1. The van der Waals surface area contributed by atoms with Gasteiger partial charge in [-0.2, -0.15) is 0 Å². The predicted molar refractivity (Wildman–Crippen MR) is 68.7 cm³/mol. The minimum Gasteiger partial charge on any atom is -0.399 e. The maximum Gasteiger partial charge on any atom is 0.0895 e. The summed E-state index contributed by atoms with van der Waals surface area (Å²) in [6, 6.07) is 13.5. The van der Waals surface area contributed by atoms with Crippen molar-refractivity contribution in [3.05, 3.63) is 47.5 Å². The van der Waals surface area contributed by atoms with E-state index in [0.29, 0.717) is 5.02 Å². The van der Waals surface area contributed by atoms with Crippen LogP contribution in [0.3, 0.4) is 0 Å². The van der Waals surface area contributed by atoms with Crippen LogP contribution in [-0.4, -0.2) is 4.98 Å². The van der Waals surface area contributed by atoms with Crippen molar-refractivity contribution in [2.75, 3.05) is 5.73 Å². The van der Waals surface area contributed by atoms with Crippen LogP contribution < -0.4 is 5.73 Å². The zero-order valence-corrected chi connectivity index (χ0v) is 9.20. The van der Waals surface area contributed by atoms with E-state index in [0.717, 1.165) is 27.5 Å². The van der Waals surface area contributed by atoms with Crippen LogP contribution in [0.5, 0.6) is 0 Å². The third kappa shape index (κ3) is 1.39. The Morgan fingerprint density at radius 2 is 1.88 bits per heavy atom. The molecule has 2 aromatic carbocycles. The summed E-state index contributed by atoms with van der Waals surface area (Å²) in [6.07, 6.45) is 0. The van der Waals surface area contributed by atoms with Gasteiger partial charge in [0.15, 0.2) is 0 Å². The highest BCUT2D eigenvalue weighted by atomic mass is 35.5. The van der Waals surface area contributed by atoms with Crippen LogP contribution in [0.4, 0.5) is 5.69 Å². The number of nitrogens with two attached hydrogens (primary N) is 1. The van der Waals surface area contributed by atoms with Gasteiger partial charge in [-0.25, -0.2) is 4.98 Å². The summed E-state index contributed by atoms with van der Waals surface area (Å²) in [6.45, 7) is 0. The lowest BCUT2D eigenvalue weighted by molar-refractivity contribution is 1.50. The van der Waals surface area contributed by atoms with Crippen molar-refractivity contribution in [1.29, 1.82) is 0 Å². The number of nitrogen functional groups attached to an aromatic ring is 1. The molecular formula is C13H9ClN2. The molecule has 0 spiro atoms. The molecule has 0 aliphatic heterocycles. The van der Waals surface area contributed by atoms with E-state index >= 15 is 0 Å². The summed E-state index contributed by atoms with van der Waals surface area (Å²) in [5.74, 6) is 0. The molecule has 0 bridgehead atoms. The van der Waals surface area contributed by atoms with Gasteiger partial charge >= 0.3 is 0 Å². The van der Waals surface area contributed by atoms with Gasteiger partial charge in [-0.3, -0.25) is 0 Å². The largest absolute Gasteiger partial charge is 0.399 e. The van der Waals surface area contributed by atoms with Crippen molar-refractivity contribution in [3.8, 4) is 0 Å². The number of pyridine rings is 1. The molecule has 3 rings (SSSR count). The first-order valence-electron chi connectivity index (χ1n) is 4.98. The van der Waals surface area contributed by atoms with Crippen molar-refractivity contribution in [2.45, 2.75) is 0 Å². The van der Waals surface area contributed by atoms with Gasteiger partial charge in [0.1, 0.15) is 0 Å². The number of hydrogen-bond acceptors (Lipinski definition) is 2. The molecule has 0 aliphatic rings. The molecule has 1 aromatic heterocycles. The lowest BCUT2D eigenvalue weighted by atomic mass is 10.1. The maximum absolute atomic E-state index is 6.10. The predicted octanol–water partition coefficient (Wildman–Crippen LogP) is 3.62. The summed E-state index contributed by atoms with van der Waals surface area (Å²) in [4.78, 5) is 4.53. The molecule has 0 amide bonds. The quantitative estimate of drug-likeness (QED) is 0.472. The standard InChI is InChI=1S/C13H9ClN2/c14-11-3-1-2-8-6-9-7-10(15)4-5-12(9)16-13(8)11/h1-7H,15H2. The van der Waals surface area contributed by atoms with E-state index in [1.165, 1.54) is 0 Å². The van der Waals surface area contributed by atoms with Crippen molar-refractivity contribution in [3.63, 3.8) is 0 Å². The van der Waals surface area contributed by atoms with Crippen LogP contribution >= 0.6 is 11.6 Å². The lowest BCUT2D eigenvalue weighted by Crippen LogP contribution is -1.87. The fourth-order valence-corrected chi connectivity index (χ4v) is 2.07. The minimum absolute atomic E-state index is 0.677. The monoisotopic (exact) mass is 228 g/mol. The zero-order valence-electron chi connectivity index (χ0n) is 8.44. The summed E-state index contributed by atoms with van der Waals surface area (Å²) < 4.78 is 0. The second kappa shape index (κ2) is 3.35. The number of fused-ring (bicyclic) bond motifs is 2. The Balaban J connectivity index is 2.49. The van der Waals surface area contributed by atoms with Gasteiger partial charge < -0.3 is 5.73 Å². The van der Waals surface area contributed by atoms with Crippen molar-refractivity contribution >= 4 is 39.1 Å². The average Bonchev–Trinajstić information content (AvgIpc) is 2.27. The molecule has 2 nitrogen and oxygen atoms in total. The first-order chi connectivity index (χ1) is 7.74. The van der Waals surface area contributed by atoms with Gasteiger partial charge in [-0.15, -0.1) is 0 Å². The molecule has 0 fully saturated rings. The van der Waals surface area contributed by atoms with Crippen molar-refractivity contribution in [2.24, 2.45) is 0 Å². The number of hydrogen-bond donors (Lipinski definition) is 1. The Morgan fingerprint density at radius 1 is 1.00 bits per heavy atom. The van der Waals surface area contributed by atoms with E-state index in [1.54, 1.807) is 0 Å². The van der Waals surface area contributed by atoms with Gasteiger partial charge in [-0.05, 0) is 30.3 Å². The second-order valence-electron chi connectivity index (χ2n) is 3.75. The summed E-state index contributed by atoms with van der Waals surface area (Å²) in [5.41, 5.74) is 8.24. The number of rotatable bonds is 0. The molecule has 0 atom stereocenters. The third-order valence-electron chi connectivity index (χ3n) is 2.61. The molecule has 0 saturated carbocycles. The highest BCUT2D eigenvalue weighted by Crippen LogP contribution is 2.26. The fourth-order valence-electron chi connectivity index (χ4n) is 1.84. The van der Waals surface area contributed by atoms with Crippen LogP contribution in [-0.2, 0) is 0 Å². The Morgan fingerprint density at radius 3 is 2.75 bits per heavy atom. The third-order valence-corrected chi connectivity index (χ3v) is 2.92. The molecule has 3 heteroatoms. The number of anilines is 1. The number of nitrogens with zero attached hydrogens (tertiary/aromatic N) is 1. The van der Waals surface area contributed by atoms with Gasteiger partial charge in [0.2, 0.25) is 0 Å². The van der Waals surface area contributed by atoms with Gasteiger partial charge in [0.05, 0.1) is 16.1 Å². The van der Waals surface area contributed by atoms with Gasteiger partial charge in [-0.1, -0.05) is 23.7 Å². The first kappa shape index (κ1) is 9.43. The Bertz CT molecular complexity index is 691. The van der Waals surface area contributed by atoms with E-state index in [9.17, 15) is 0 Å². The highest BCUT2D eigenvalue weighted by molar-refractivity contribution is 6.35. The SMILES string of the molecule is Nc1ccc2nc3c(Cl)cccc3cc2c1. The van der Waals surface area contributed by atoms with Crippen LogP contribution in [0.2, 0.25) is 5.02 Å². The number of benzene rings is 2. The van der Waals surface area contributed by atoms with Crippen molar-refractivity contribution < 1.29 is 0 Å². The molecule has 3 aromatic rings. The summed E-state index contributed by atoms with van der Waals surface area (Å²) in [7, 11) is 0. The molecule has 16 heavy (non-hydrogen) atoms. The van der Waals surface area contributed by atoms with Crippen molar-refractivity contribution in [1.82, 2.24) is 4.98 Å². The first-order valence-corrected chi connectivity index (χ1v) is 5.36. The van der Waals surface area contributed by atoms with Crippen LogP contribution in [0.15, 0.2) is 42.5 Å². The molecule has 78 valence electrons. The van der Waals surface area contributed by atoms with Gasteiger partial charge in [0.25, 0.3) is 0 Å². The van der Waals surface area contributed by atoms with Crippen LogP contribution in [0, 0.1) is 0 Å². The molecular weight excluding hydrogens is 220 g/mol. The minimum atomic E-state index is 0.677. The molecule has 1 heterocycles. The number of halogens is 1. The van der Waals surface area contributed by atoms with E-state index in [1.807, 2.05) is 36.4 Å². The maximum atomic E-state index is 6.10. The fraction of sp³-hybridized carbons (Fsp3) is 0. The lowest BCUT2D eigenvalue weighted by Gasteiger charge is -2.03. The van der Waals surface area contributed by atoms with Crippen LogP contribution in [0.25, 0.3) is 21.8 Å². The zero-order chi connectivity index (χ0) is 11.1. The van der Waals surface area contributed by atoms with E-state index in [4.69, 9.17) is 17.3 Å². The van der Waals surface area contributed by atoms with E-state index < -0.39 is 0 Å². The van der Waals surface area contributed by atoms with Crippen LogP contribution in [0.1, 0.15) is 0 Å². The second-order valence-corrected chi connectivity index (χ2v) is 4.16. The Labute approximate surface area is 97.7 Å². The van der Waals surface area contributed by atoms with E-state index in [2.05, 4.69) is 11.1 Å². The summed E-state index contributed by atoms with van der Waals surface area (Å²) >= 11 is 6.10. The highest BCUT2D eigenvalue weighted by Gasteiger charge is 2.02. The summed E-state index contributed by atoms with van der Waals surface area (Å²) in [5, 5.41) is 2.75. The smallest absolute Gasteiger partial charge is 0.0895 e. The van der Waals surface area contributed by atoms with E-state index in [-0.39, 0.29) is 0 Å². The normalized spacial score (nSPS) is 11.1. The Hall–Kier alpha value is -1.80. The molecule has 0 aliphatic carbocycles. The number of para-hydroxylation sites is 1.